The Morgan fingerprint density at radius 2 is 2.33 bits per heavy atom. The highest BCUT2D eigenvalue weighted by Gasteiger charge is 2.17. The maximum Gasteiger partial charge on any atom is 0.216 e. The largest absolute Gasteiger partial charge is 0.478 e. The number of nitriles is 1. The second kappa shape index (κ2) is 4.80. The van der Waals surface area contributed by atoms with E-state index in [-0.39, 0.29) is 5.90 Å². The van der Waals surface area contributed by atoms with Crippen molar-refractivity contribution in [3.05, 3.63) is 16.0 Å². The number of ether oxygens (including phenoxy) is 1. The first kappa shape index (κ1) is 11.5. The van der Waals surface area contributed by atoms with Gasteiger partial charge in [-0.25, -0.2) is 0 Å². The van der Waals surface area contributed by atoms with Crippen molar-refractivity contribution in [2.24, 2.45) is 0 Å². The predicted molar refractivity (Wildman–Crippen MR) is 61.3 cm³/mol. The summed E-state index contributed by atoms with van der Waals surface area (Å²) in [6.45, 7) is 4.25. The molecule has 0 aliphatic rings. The summed E-state index contributed by atoms with van der Waals surface area (Å²) < 4.78 is 5.20. The number of hydrogen-bond acceptors (Lipinski definition) is 5. The quantitative estimate of drug-likeness (QED) is 0.609. The molecule has 0 fully saturated rings. The van der Waals surface area contributed by atoms with Crippen LogP contribution in [0.2, 0.25) is 0 Å². The summed E-state index contributed by atoms with van der Waals surface area (Å²) in [7, 11) is 0. The van der Waals surface area contributed by atoms with Gasteiger partial charge in [-0.1, -0.05) is 6.92 Å². The number of nitrogen functional groups attached to an aromatic ring is 1. The number of thiophene rings is 1. The van der Waals surface area contributed by atoms with Gasteiger partial charge in [-0.2, -0.15) is 5.26 Å². The molecule has 1 rings (SSSR count). The number of nitrogens with two attached hydrogens (primary N) is 1. The summed E-state index contributed by atoms with van der Waals surface area (Å²) >= 11 is 1.20. The fourth-order valence-corrected chi connectivity index (χ4v) is 2.07. The molecular formula is C10H13N3OS. The maximum absolute atomic E-state index is 8.81. The summed E-state index contributed by atoms with van der Waals surface area (Å²) in [6.07, 6.45) is 0.844. The van der Waals surface area contributed by atoms with Gasteiger partial charge in [0.05, 0.1) is 12.2 Å². The Hall–Kier alpha value is -1.54. The van der Waals surface area contributed by atoms with Crippen LogP contribution in [0.25, 0.3) is 0 Å². The minimum absolute atomic E-state index is 0.0598. The van der Waals surface area contributed by atoms with Crippen LogP contribution in [0.4, 0.5) is 5.00 Å². The molecule has 0 aromatic carbocycles. The van der Waals surface area contributed by atoms with E-state index in [1.165, 1.54) is 11.3 Å². The lowest BCUT2D eigenvalue weighted by Gasteiger charge is -2.06. The summed E-state index contributed by atoms with van der Waals surface area (Å²) in [5, 5.41) is 17.0. The van der Waals surface area contributed by atoms with E-state index < -0.39 is 0 Å². The van der Waals surface area contributed by atoms with E-state index in [4.69, 9.17) is 21.1 Å². The molecule has 4 nitrogen and oxygen atoms in total. The van der Waals surface area contributed by atoms with E-state index in [1.807, 2.05) is 6.92 Å². The minimum atomic E-state index is 0.0598. The predicted octanol–water partition coefficient (Wildman–Crippen LogP) is 2.26. The van der Waals surface area contributed by atoms with Crippen LogP contribution >= 0.6 is 11.3 Å². The van der Waals surface area contributed by atoms with E-state index >= 15 is 0 Å². The highest BCUT2D eigenvalue weighted by molar-refractivity contribution is 7.17. The lowest BCUT2D eigenvalue weighted by molar-refractivity contribution is 0.303. The molecular weight excluding hydrogens is 210 g/mol. The highest BCUT2D eigenvalue weighted by Crippen LogP contribution is 2.30. The van der Waals surface area contributed by atoms with E-state index in [9.17, 15) is 0 Å². The topological polar surface area (TPSA) is 82.9 Å². The molecule has 80 valence electrons. The molecule has 0 unspecified atom stereocenters. The molecule has 0 amide bonds. The molecule has 0 radical (unpaired) electrons. The Morgan fingerprint density at radius 1 is 1.67 bits per heavy atom. The number of hydrogen-bond donors (Lipinski definition) is 2. The van der Waals surface area contributed by atoms with E-state index in [1.54, 1.807) is 6.92 Å². The summed E-state index contributed by atoms with van der Waals surface area (Å²) in [5.41, 5.74) is 7.03. The average Bonchev–Trinajstić information content (AvgIpc) is 2.50. The summed E-state index contributed by atoms with van der Waals surface area (Å²) in [4.78, 5) is 0.548. The molecule has 0 spiro atoms. The van der Waals surface area contributed by atoms with E-state index in [2.05, 4.69) is 6.07 Å². The Bertz CT molecular complexity index is 417. The molecule has 0 aliphatic carbocycles. The Labute approximate surface area is 92.8 Å². The van der Waals surface area contributed by atoms with Crippen LogP contribution < -0.4 is 5.73 Å². The lowest BCUT2D eigenvalue weighted by atomic mass is 10.1. The van der Waals surface area contributed by atoms with Gasteiger partial charge in [0.1, 0.15) is 15.9 Å². The van der Waals surface area contributed by atoms with Crippen LogP contribution in [0, 0.1) is 23.7 Å². The van der Waals surface area contributed by atoms with Gasteiger partial charge < -0.3 is 10.5 Å². The normalized spacial score (nSPS) is 9.67. The van der Waals surface area contributed by atoms with Crippen LogP contribution in [-0.2, 0) is 4.74 Å². The Morgan fingerprint density at radius 3 is 2.80 bits per heavy atom. The maximum atomic E-state index is 8.81. The van der Waals surface area contributed by atoms with Gasteiger partial charge in [0.2, 0.25) is 5.90 Å². The van der Waals surface area contributed by atoms with Crippen molar-refractivity contribution in [1.29, 1.82) is 10.7 Å². The molecule has 0 bridgehead atoms. The van der Waals surface area contributed by atoms with Gasteiger partial charge in [0.15, 0.2) is 0 Å². The van der Waals surface area contributed by atoms with Crippen LogP contribution in [0.3, 0.4) is 0 Å². The SMILES string of the molecule is CCCOC(=N)c1c(N)sc(C#N)c1C. The number of rotatable bonds is 3. The van der Waals surface area contributed by atoms with Crippen molar-refractivity contribution >= 4 is 22.2 Å². The molecule has 0 saturated carbocycles. The van der Waals surface area contributed by atoms with Gasteiger partial charge in [-0.05, 0) is 18.9 Å². The first-order chi connectivity index (χ1) is 7.11. The molecule has 0 atom stereocenters. The van der Waals surface area contributed by atoms with Crippen molar-refractivity contribution in [3.8, 4) is 6.07 Å². The first-order valence-corrected chi connectivity index (χ1v) is 5.44. The molecule has 1 heterocycles. The zero-order valence-corrected chi connectivity index (χ0v) is 9.57. The van der Waals surface area contributed by atoms with Gasteiger partial charge >= 0.3 is 0 Å². The number of nitrogens with one attached hydrogen (secondary N) is 1. The number of nitrogens with zero attached hydrogens (tertiary/aromatic N) is 1. The second-order valence-corrected chi connectivity index (χ2v) is 4.14. The average molecular weight is 223 g/mol. The van der Waals surface area contributed by atoms with Crippen LogP contribution in [0.15, 0.2) is 0 Å². The van der Waals surface area contributed by atoms with Gasteiger partial charge in [-0.3, -0.25) is 5.41 Å². The van der Waals surface area contributed by atoms with Crippen molar-refractivity contribution in [2.75, 3.05) is 12.3 Å². The number of anilines is 1. The van der Waals surface area contributed by atoms with Gasteiger partial charge in [0, 0.05) is 0 Å². The fraction of sp³-hybridized carbons (Fsp3) is 0.400. The molecule has 0 aliphatic heterocycles. The zero-order chi connectivity index (χ0) is 11.4. The third-order valence-corrected chi connectivity index (χ3v) is 2.98. The molecule has 1 aromatic rings. The highest BCUT2D eigenvalue weighted by atomic mass is 32.1. The van der Waals surface area contributed by atoms with E-state index in [0.717, 1.165) is 12.0 Å². The zero-order valence-electron chi connectivity index (χ0n) is 8.76. The monoisotopic (exact) mass is 223 g/mol. The fourth-order valence-electron chi connectivity index (χ4n) is 1.20. The standard InChI is InChI=1S/C10H13N3OS/c1-3-4-14-9(12)8-6(2)7(5-11)15-10(8)13/h12H,3-4,13H2,1-2H3. The molecule has 3 N–H and O–H groups in total. The molecule has 1 aromatic heterocycles. The lowest BCUT2D eigenvalue weighted by Crippen LogP contribution is -2.08. The van der Waals surface area contributed by atoms with Gasteiger partial charge in [-0.15, -0.1) is 11.3 Å². The Kier molecular flexibility index (Phi) is 3.69. The van der Waals surface area contributed by atoms with Crippen LogP contribution in [-0.4, -0.2) is 12.5 Å². The third-order valence-electron chi connectivity index (χ3n) is 1.95. The molecule has 15 heavy (non-hydrogen) atoms. The summed E-state index contributed by atoms with van der Waals surface area (Å²) in [5.74, 6) is 0.0598. The van der Waals surface area contributed by atoms with E-state index in [0.29, 0.717) is 22.0 Å². The van der Waals surface area contributed by atoms with Gasteiger partial charge in [0.25, 0.3) is 0 Å². The minimum Gasteiger partial charge on any atom is -0.478 e. The smallest absolute Gasteiger partial charge is 0.216 e. The Balaban J connectivity index is 2.99. The summed E-state index contributed by atoms with van der Waals surface area (Å²) in [6, 6.07) is 2.05. The van der Waals surface area contributed by atoms with Crippen molar-refractivity contribution in [1.82, 2.24) is 0 Å². The van der Waals surface area contributed by atoms with Crippen LogP contribution in [0.1, 0.15) is 29.3 Å². The van der Waals surface area contributed by atoms with Crippen molar-refractivity contribution in [2.45, 2.75) is 20.3 Å². The molecule has 0 saturated heterocycles. The van der Waals surface area contributed by atoms with Crippen LogP contribution in [0.5, 0.6) is 0 Å². The molecule has 5 heteroatoms. The third kappa shape index (κ3) is 2.28. The second-order valence-electron chi connectivity index (χ2n) is 3.08. The van der Waals surface area contributed by atoms with Crippen molar-refractivity contribution in [3.63, 3.8) is 0 Å². The first-order valence-electron chi connectivity index (χ1n) is 4.62. The van der Waals surface area contributed by atoms with Crippen molar-refractivity contribution < 1.29 is 4.74 Å².